The molecule has 0 heterocycles. The second-order valence-corrected chi connectivity index (χ2v) is 5.78. The Kier molecular flexibility index (Phi) is 7.91. The van der Waals surface area contributed by atoms with E-state index >= 15 is 0 Å². The lowest BCUT2D eigenvalue weighted by atomic mass is 9.89. The number of methoxy groups -OCH3 is 2. The van der Waals surface area contributed by atoms with Crippen molar-refractivity contribution in [3.63, 3.8) is 0 Å². The van der Waals surface area contributed by atoms with E-state index in [9.17, 15) is 0 Å². The second kappa shape index (κ2) is 8.90. The molecule has 2 N–H and O–H groups in total. The van der Waals surface area contributed by atoms with Crippen molar-refractivity contribution in [2.75, 3.05) is 14.2 Å². The zero-order valence-electron chi connectivity index (χ0n) is 12.4. The van der Waals surface area contributed by atoms with Crippen molar-refractivity contribution in [1.82, 2.24) is 0 Å². The van der Waals surface area contributed by atoms with Crippen molar-refractivity contribution < 1.29 is 19.7 Å². The van der Waals surface area contributed by atoms with E-state index in [4.69, 9.17) is 19.7 Å². The topological polar surface area (TPSA) is 58.9 Å². The van der Waals surface area contributed by atoms with Crippen LogP contribution in [0, 0.1) is 5.92 Å². The summed E-state index contributed by atoms with van der Waals surface area (Å²) in [6, 6.07) is 0. The molecule has 4 heteroatoms. The van der Waals surface area contributed by atoms with E-state index in [1.165, 1.54) is 32.1 Å². The van der Waals surface area contributed by atoms with E-state index in [2.05, 4.69) is 0 Å². The number of rotatable bonds is 3. The smallest absolute Gasteiger partial charge is 0.162 e. The van der Waals surface area contributed by atoms with Crippen LogP contribution < -0.4 is 0 Å². The molecule has 4 nitrogen and oxygen atoms in total. The van der Waals surface area contributed by atoms with Crippen molar-refractivity contribution in [2.24, 2.45) is 5.92 Å². The van der Waals surface area contributed by atoms with Crippen molar-refractivity contribution in [2.45, 2.75) is 76.3 Å². The molecule has 0 aromatic carbocycles. The summed E-state index contributed by atoms with van der Waals surface area (Å²) in [4.78, 5) is 0. The summed E-state index contributed by atoms with van der Waals surface area (Å²) in [6.07, 6.45) is 10.9. The van der Waals surface area contributed by atoms with Gasteiger partial charge in [0, 0.05) is 33.0 Å². The molecule has 0 aromatic heterocycles. The molecule has 2 aliphatic rings. The maximum absolute atomic E-state index is 8.93. The van der Waals surface area contributed by atoms with Gasteiger partial charge < -0.3 is 19.7 Å². The van der Waals surface area contributed by atoms with Crippen molar-refractivity contribution in [3.05, 3.63) is 0 Å². The summed E-state index contributed by atoms with van der Waals surface area (Å²) >= 11 is 0. The molecular formula is C15H30O4. The fourth-order valence-corrected chi connectivity index (χ4v) is 3.01. The predicted molar refractivity (Wildman–Crippen MR) is 74.6 cm³/mol. The standard InChI is InChI=1S/C9H18O2.C6H12O2/c1-10-9(11-2)8-6-4-3-5-7-8;7-6(8)4-2-1-3-5-6/h8-9H,3-7H2,1-2H3;7-8H,1-5H2. The van der Waals surface area contributed by atoms with Gasteiger partial charge in [0.15, 0.2) is 12.1 Å². The molecule has 0 saturated heterocycles. The molecule has 2 rings (SSSR count). The van der Waals surface area contributed by atoms with Gasteiger partial charge in [-0.25, -0.2) is 0 Å². The molecule has 2 fully saturated rings. The van der Waals surface area contributed by atoms with Gasteiger partial charge in [0.05, 0.1) is 0 Å². The summed E-state index contributed by atoms with van der Waals surface area (Å²) in [5.41, 5.74) is 0. The Balaban J connectivity index is 0.000000200. The molecule has 2 aliphatic carbocycles. The lowest BCUT2D eigenvalue weighted by Crippen LogP contribution is -2.30. The van der Waals surface area contributed by atoms with Gasteiger partial charge in [-0.2, -0.15) is 0 Å². The summed E-state index contributed by atoms with van der Waals surface area (Å²) in [5, 5.41) is 17.9. The summed E-state index contributed by atoms with van der Waals surface area (Å²) in [6.45, 7) is 0. The largest absolute Gasteiger partial charge is 0.366 e. The van der Waals surface area contributed by atoms with E-state index in [0.717, 1.165) is 19.3 Å². The first-order chi connectivity index (χ1) is 9.09. The van der Waals surface area contributed by atoms with E-state index in [0.29, 0.717) is 18.8 Å². The Morgan fingerprint density at radius 3 is 1.68 bits per heavy atom. The minimum atomic E-state index is -1.32. The molecule has 0 atom stereocenters. The molecular weight excluding hydrogens is 244 g/mol. The third-order valence-electron chi connectivity index (χ3n) is 4.15. The number of hydrogen-bond acceptors (Lipinski definition) is 4. The van der Waals surface area contributed by atoms with Crippen LogP contribution >= 0.6 is 0 Å². The van der Waals surface area contributed by atoms with Crippen molar-refractivity contribution in [3.8, 4) is 0 Å². The van der Waals surface area contributed by atoms with Gasteiger partial charge in [0.2, 0.25) is 0 Å². The maximum atomic E-state index is 8.93. The zero-order chi connectivity index (χ0) is 14.1. The first-order valence-electron chi connectivity index (χ1n) is 7.59. The van der Waals surface area contributed by atoms with Gasteiger partial charge in [-0.3, -0.25) is 0 Å². The first-order valence-corrected chi connectivity index (χ1v) is 7.59. The lowest BCUT2D eigenvalue weighted by molar-refractivity contribution is -0.180. The van der Waals surface area contributed by atoms with Crippen LogP contribution in [-0.2, 0) is 9.47 Å². The fraction of sp³-hybridized carbons (Fsp3) is 1.00. The van der Waals surface area contributed by atoms with Crippen LogP contribution in [0.3, 0.4) is 0 Å². The molecule has 19 heavy (non-hydrogen) atoms. The Morgan fingerprint density at radius 2 is 1.32 bits per heavy atom. The van der Waals surface area contributed by atoms with Gasteiger partial charge in [-0.1, -0.05) is 25.7 Å². The zero-order valence-corrected chi connectivity index (χ0v) is 12.4. The van der Waals surface area contributed by atoms with Crippen LogP contribution in [-0.4, -0.2) is 36.5 Å². The lowest BCUT2D eigenvalue weighted by Gasteiger charge is -2.27. The fourth-order valence-electron chi connectivity index (χ4n) is 3.01. The number of hydrogen-bond donors (Lipinski definition) is 2. The molecule has 0 bridgehead atoms. The predicted octanol–water partition coefficient (Wildman–Crippen LogP) is 2.82. The van der Waals surface area contributed by atoms with Crippen LogP contribution in [0.2, 0.25) is 0 Å². The third-order valence-corrected chi connectivity index (χ3v) is 4.15. The second-order valence-electron chi connectivity index (χ2n) is 5.78. The molecule has 0 spiro atoms. The van der Waals surface area contributed by atoms with E-state index in [-0.39, 0.29) is 6.29 Å². The average Bonchev–Trinajstić information content (AvgIpc) is 2.42. The highest BCUT2D eigenvalue weighted by Gasteiger charge is 2.24. The minimum absolute atomic E-state index is 0.0373. The summed E-state index contributed by atoms with van der Waals surface area (Å²) < 4.78 is 10.4. The Morgan fingerprint density at radius 1 is 0.842 bits per heavy atom. The van der Waals surface area contributed by atoms with E-state index < -0.39 is 5.79 Å². The Bertz CT molecular complexity index is 212. The Labute approximate surface area is 117 Å². The molecule has 2 saturated carbocycles. The molecule has 0 aliphatic heterocycles. The molecule has 0 amide bonds. The quantitative estimate of drug-likeness (QED) is 0.777. The highest BCUT2D eigenvalue weighted by atomic mass is 16.7. The third kappa shape index (κ3) is 6.70. The first kappa shape index (κ1) is 16.9. The maximum Gasteiger partial charge on any atom is 0.162 e. The van der Waals surface area contributed by atoms with Crippen LogP contribution in [0.25, 0.3) is 0 Å². The highest BCUT2D eigenvalue weighted by Crippen LogP contribution is 2.27. The number of ether oxygens (including phenoxy) is 2. The SMILES string of the molecule is COC(OC)C1CCCCC1.OC1(O)CCCCC1. The Hall–Kier alpha value is -0.160. The van der Waals surface area contributed by atoms with Gasteiger partial charge >= 0.3 is 0 Å². The van der Waals surface area contributed by atoms with Crippen LogP contribution in [0.4, 0.5) is 0 Å². The normalized spacial score (nSPS) is 23.8. The molecule has 0 unspecified atom stereocenters. The minimum Gasteiger partial charge on any atom is -0.366 e. The van der Waals surface area contributed by atoms with Crippen molar-refractivity contribution in [1.29, 1.82) is 0 Å². The van der Waals surface area contributed by atoms with Gasteiger partial charge in [0.25, 0.3) is 0 Å². The molecule has 0 radical (unpaired) electrons. The van der Waals surface area contributed by atoms with Gasteiger partial charge in [-0.05, 0) is 25.7 Å². The van der Waals surface area contributed by atoms with Crippen molar-refractivity contribution >= 4 is 0 Å². The van der Waals surface area contributed by atoms with Crippen LogP contribution in [0.5, 0.6) is 0 Å². The summed E-state index contributed by atoms with van der Waals surface area (Å²) in [5.74, 6) is -0.683. The van der Waals surface area contributed by atoms with Gasteiger partial charge in [0.1, 0.15) is 0 Å². The van der Waals surface area contributed by atoms with E-state index in [1.807, 2.05) is 0 Å². The van der Waals surface area contributed by atoms with Crippen LogP contribution in [0.1, 0.15) is 64.2 Å². The van der Waals surface area contributed by atoms with E-state index in [1.54, 1.807) is 14.2 Å². The van der Waals surface area contributed by atoms with Gasteiger partial charge in [-0.15, -0.1) is 0 Å². The number of aliphatic hydroxyl groups is 2. The summed E-state index contributed by atoms with van der Waals surface area (Å²) in [7, 11) is 3.45. The average molecular weight is 274 g/mol. The highest BCUT2D eigenvalue weighted by molar-refractivity contribution is 4.69. The monoisotopic (exact) mass is 274 g/mol. The molecule has 114 valence electrons. The van der Waals surface area contributed by atoms with Crippen LogP contribution in [0.15, 0.2) is 0 Å². The molecule has 0 aromatic rings.